The third kappa shape index (κ3) is 3.23. The summed E-state index contributed by atoms with van der Waals surface area (Å²) >= 11 is 5.93. The molecule has 0 spiro atoms. The smallest absolute Gasteiger partial charge is 0.300 e. The van der Waals surface area contributed by atoms with Crippen molar-refractivity contribution in [2.24, 2.45) is 0 Å². The number of aliphatic hydroxyl groups excluding tert-OH is 1. The predicted octanol–water partition coefficient (Wildman–Crippen LogP) is 4.33. The molecule has 1 fully saturated rings. The molecule has 3 heterocycles. The molecular formula is C23H16ClNO6. The van der Waals surface area contributed by atoms with Crippen LogP contribution < -0.4 is 14.4 Å². The van der Waals surface area contributed by atoms with E-state index in [0.29, 0.717) is 46.7 Å². The fourth-order valence-electron chi connectivity index (χ4n) is 3.76. The van der Waals surface area contributed by atoms with Gasteiger partial charge in [-0.2, -0.15) is 0 Å². The minimum Gasteiger partial charge on any atom is -0.507 e. The van der Waals surface area contributed by atoms with E-state index in [2.05, 4.69) is 0 Å². The van der Waals surface area contributed by atoms with Gasteiger partial charge < -0.3 is 19.0 Å². The van der Waals surface area contributed by atoms with Crippen LogP contribution in [0.1, 0.15) is 17.4 Å². The van der Waals surface area contributed by atoms with Gasteiger partial charge in [0.1, 0.15) is 30.8 Å². The SMILES string of the molecule is O=C1C(=O)N(c2ccc3c(c2)OCCO3)C(c2ccco2)/C1=C(/O)c1ccc(Cl)cc1. The van der Waals surface area contributed by atoms with E-state index in [0.717, 1.165) is 0 Å². The lowest BCUT2D eigenvalue weighted by atomic mass is 9.99. The Bertz CT molecular complexity index is 1200. The third-order valence-electron chi connectivity index (χ3n) is 5.18. The van der Waals surface area contributed by atoms with Gasteiger partial charge in [0.15, 0.2) is 11.5 Å². The summed E-state index contributed by atoms with van der Waals surface area (Å²) in [6.07, 6.45) is 1.45. The Morgan fingerprint density at radius 1 is 1.00 bits per heavy atom. The highest BCUT2D eigenvalue weighted by molar-refractivity contribution is 6.51. The maximum Gasteiger partial charge on any atom is 0.300 e. The first-order chi connectivity index (χ1) is 15.0. The Balaban J connectivity index is 1.67. The summed E-state index contributed by atoms with van der Waals surface area (Å²) in [4.78, 5) is 27.4. The van der Waals surface area contributed by atoms with E-state index in [1.807, 2.05) is 0 Å². The van der Waals surface area contributed by atoms with Gasteiger partial charge in [-0.3, -0.25) is 14.5 Å². The predicted molar refractivity (Wildman–Crippen MR) is 112 cm³/mol. The van der Waals surface area contributed by atoms with E-state index >= 15 is 0 Å². The van der Waals surface area contributed by atoms with E-state index < -0.39 is 17.7 Å². The van der Waals surface area contributed by atoms with E-state index in [-0.39, 0.29) is 11.3 Å². The summed E-state index contributed by atoms with van der Waals surface area (Å²) in [7, 11) is 0. The zero-order chi connectivity index (χ0) is 21.5. The summed E-state index contributed by atoms with van der Waals surface area (Å²) in [5.74, 6) is -0.540. The molecule has 1 atom stereocenters. The number of amides is 1. The van der Waals surface area contributed by atoms with E-state index in [1.54, 1.807) is 54.6 Å². The molecule has 1 unspecified atom stereocenters. The second-order valence-electron chi connectivity index (χ2n) is 7.02. The maximum absolute atomic E-state index is 13.1. The quantitative estimate of drug-likeness (QED) is 0.372. The molecule has 2 aromatic carbocycles. The third-order valence-corrected chi connectivity index (χ3v) is 5.43. The van der Waals surface area contributed by atoms with Crippen molar-refractivity contribution in [1.82, 2.24) is 0 Å². The van der Waals surface area contributed by atoms with Crippen LogP contribution in [0.25, 0.3) is 5.76 Å². The molecule has 1 amide bonds. The molecule has 0 bridgehead atoms. The number of halogens is 1. The maximum atomic E-state index is 13.1. The number of hydrogen-bond donors (Lipinski definition) is 1. The van der Waals surface area contributed by atoms with Crippen molar-refractivity contribution < 1.29 is 28.6 Å². The van der Waals surface area contributed by atoms with Crippen LogP contribution in [0.3, 0.4) is 0 Å². The molecule has 8 heteroatoms. The Labute approximate surface area is 182 Å². The largest absolute Gasteiger partial charge is 0.507 e. The van der Waals surface area contributed by atoms with Crippen LogP contribution in [-0.4, -0.2) is 30.0 Å². The highest BCUT2D eigenvalue weighted by atomic mass is 35.5. The van der Waals surface area contributed by atoms with Crippen LogP contribution in [0.5, 0.6) is 11.5 Å². The molecule has 1 aromatic heterocycles. The fourth-order valence-corrected chi connectivity index (χ4v) is 3.89. The lowest BCUT2D eigenvalue weighted by Crippen LogP contribution is -2.29. The van der Waals surface area contributed by atoms with Gasteiger partial charge in [0.2, 0.25) is 0 Å². The first-order valence-electron chi connectivity index (χ1n) is 9.54. The molecule has 156 valence electrons. The number of fused-ring (bicyclic) bond motifs is 1. The lowest BCUT2D eigenvalue weighted by Gasteiger charge is -2.25. The molecule has 0 radical (unpaired) electrons. The summed E-state index contributed by atoms with van der Waals surface area (Å²) in [6.45, 7) is 0.817. The average Bonchev–Trinajstić information content (AvgIpc) is 3.40. The molecule has 1 N–H and O–H groups in total. The van der Waals surface area contributed by atoms with E-state index in [9.17, 15) is 14.7 Å². The highest BCUT2D eigenvalue weighted by Crippen LogP contribution is 2.44. The van der Waals surface area contributed by atoms with Gasteiger partial charge in [0, 0.05) is 22.3 Å². The number of aliphatic hydroxyl groups is 1. The molecule has 3 aromatic rings. The first kappa shape index (κ1) is 19.3. The fraction of sp³-hybridized carbons (Fsp3) is 0.130. The molecule has 7 nitrogen and oxygen atoms in total. The number of carbonyl (C=O) groups excluding carboxylic acids is 2. The molecule has 1 saturated heterocycles. The van der Waals surface area contributed by atoms with Crippen molar-refractivity contribution in [3.63, 3.8) is 0 Å². The Hall–Kier alpha value is -3.71. The number of Topliss-reactive ketones (excluding diaryl/α,β-unsaturated/α-hetero) is 1. The van der Waals surface area contributed by atoms with Crippen molar-refractivity contribution in [2.75, 3.05) is 18.1 Å². The van der Waals surface area contributed by atoms with Crippen LogP contribution in [0.15, 0.2) is 70.9 Å². The van der Waals surface area contributed by atoms with Crippen LogP contribution in [0.2, 0.25) is 5.02 Å². The van der Waals surface area contributed by atoms with Crippen molar-refractivity contribution in [3.8, 4) is 11.5 Å². The Morgan fingerprint density at radius 2 is 1.74 bits per heavy atom. The minimum atomic E-state index is -0.951. The van der Waals surface area contributed by atoms with Crippen LogP contribution in [0, 0.1) is 0 Å². The first-order valence-corrected chi connectivity index (χ1v) is 9.92. The Morgan fingerprint density at radius 3 is 2.45 bits per heavy atom. The molecule has 2 aliphatic rings. The number of ketones is 1. The van der Waals surface area contributed by atoms with Crippen molar-refractivity contribution >= 4 is 34.7 Å². The lowest BCUT2D eigenvalue weighted by molar-refractivity contribution is -0.132. The monoisotopic (exact) mass is 437 g/mol. The molecule has 0 aliphatic carbocycles. The topological polar surface area (TPSA) is 89.2 Å². The zero-order valence-corrected chi connectivity index (χ0v) is 16.8. The van der Waals surface area contributed by atoms with Gasteiger partial charge in [-0.05, 0) is 48.5 Å². The second kappa shape index (κ2) is 7.52. The van der Waals surface area contributed by atoms with Gasteiger partial charge in [0.05, 0.1) is 11.8 Å². The molecule has 31 heavy (non-hydrogen) atoms. The number of nitrogens with zero attached hydrogens (tertiary/aromatic N) is 1. The van der Waals surface area contributed by atoms with Crippen LogP contribution in [0.4, 0.5) is 5.69 Å². The summed E-state index contributed by atoms with van der Waals surface area (Å²) in [6, 6.07) is 13.7. The number of benzene rings is 2. The number of carbonyl (C=O) groups is 2. The summed E-state index contributed by atoms with van der Waals surface area (Å²) in [5.41, 5.74) is 0.709. The van der Waals surface area contributed by atoms with Crippen molar-refractivity contribution in [2.45, 2.75) is 6.04 Å². The van der Waals surface area contributed by atoms with Crippen LogP contribution in [-0.2, 0) is 9.59 Å². The van der Waals surface area contributed by atoms with Gasteiger partial charge in [-0.1, -0.05) is 11.6 Å². The van der Waals surface area contributed by atoms with Crippen LogP contribution >= 0.6 is 11.6 Å². The van der Waals surface area contributed by atoms with E-state index in [1.165, 1.54) is 11.2 Å². The van der Waals surface area contributed by atoms with Gasteiger partial charge in [-0.25, -0.2) is 0 Å². The number of anilines is 1. The zero-order valence-electron chi connectivity index (χ0n) is 16.1. The Kier molecular flexibility index (Phi) is 4.67. The second-order valence-corrected chi connectivity index (χ2v) is 7.46. The number of hydrogen-bond acceptors (Lipinski definition) is 6. The average molecular weight is 438 g/mol. The summed E-state index contributed by atoms with van der Waals surface area (Å²) in [5, 5.41) is 11.5. The normalized spacial score (nSPS) is 19.6. The standard InChI is InChI=1S/C23H16ClNO6/c24-14-5-3-13(4-6-14)21(26)19-20(17-2-1-9-29-17)25(23(28)22(19)27)15-7-8-16-18(12-15)31-11-10-30-16/h1-9,12,20,26H,10-11H2/b21-19-. The van der Waals surface area contributed by atoms with Gasteiger partial charge in [-0.15, -0.1) is 0 Å². The molecule has 2 aliphatic heterocycles. The number of ether oxygens (including phenoxy) is 2. The number of furan rings is 1. The molecule has 0 saturated carbocycles. The summed E-state index contributed by atoms with van der Waals surface area (Å²) < 4.78 is 16.7. The molecule has 5 rings (SSSR count). The molecular weight excluding hydrogens is 422 g/mol. The highest BCUT2D eigenvalue weighted by Gasteiger charge is 2.48. The van der Waals surface area contributed by atoms with Gasteiger partial charge >= 0.3 is 0 Å². The van der Waals surface area contributed by atoms with Gasteiger partial charge in [0.25, 0.3) is 11.7 Å². The minimum absolute atomic E-state index is 0.0721. The van der Waals surface area contributed by atoms with Crippen molar-refractivity contribution in [3.05, 3.63) is 82.8 Å². The van der Waals surface area contributed by atoms with Crippen molar-refractivity contribution in [1.29, 1.82) is 0 Å². The van der Waals surface area contributed by atoms with E-state index in [4.69, 9.17) is 25.5 Å². The number of rotatable bonds is 3.